The van der Waals surface area contributed by atoms with Crippen LogP contribution in [0.25, 0.3) is 0 Å². The van der Waals surface area contributed by atoms with E-state index < -0.39 is 0 Å². The van der Waals surface area contributed by atoms with Crippen molar-refractivity contribution in [3.8, 4) is 0 Å². The van der Waals surface area contributed by atoms with Crippen LogP contribution < -0.4 is 5.32 Å². The van der Waals surface area contributed by atoms with Crippen LogP contribution in [0.1, 0.15) is 24.1 Å². The maximum atomic E-state index is 12.8. The molecule has 0 aliphatic heterocycles. The minimum Gasteiger partial charge on any atom is -0.306 e. The molecule has 0 unspecified atom stereocenters. The second-order valence-electron chi connectivity index (χ2n) is 4.40. The van der Waals surface area contributed by atoms with E-state index in [-0.39, 0.29) is 11.9 Å². The first kappa shape index (κ1) is 14.5. The van der Waals surface area contributed by atoms with Crippen molar-refractivity contribution >= 4 is 27.5 Å². The molecule has 2 aromatic rings. The molecule has 2 rings (SSSR count). The van der Waals surface area contributed by atoms with Gasteiger partial charge >= 0.3 is 0 Å². The molecule has 0 bridgehead atoms. The Bertz CT molecular complexity index is 557. The summed E-state index contributed by atoms with van der Waals surface area (Å²) in [6, 6.07) is 12.6. The molecule has 0 saturated carbocycles. The molecule has 0 aromatic heterocycles. The summed E-state index contributed by atoms with van der Waals surface area (Å²) < 4.78 is 13.7. The number of hydrogen-bond donors (Lipinski definition) is 1. The molecule has 0 aliphatic carbocycles. The van der Waals surface area contributed by atoms with Crippen LogP contribution in [-0.4, -0.2) is 0 Å². The van der Waals surface area contributed by atoms with Gasteiger partial charge in [-0.1, -0.05) is 29.8 Å². The van der Waals surface area contributed by atoms with Gasteiger partial charge in [-0.25, -0.2) is 4.39 Å². The SMILES string of the molecule is C[C@H](NCc1ccc(Br)c(Cl)c1)c1ccc(F)cc1. The van der Waals surface area contributed by atoms with Gasteiger partial charge in [0.15, 0.2) is 0 Å². The van der Waals surface area contributed by atoms with Crippen molar-refractivity contribution in [3.63, 3.8) is 0 Å². The van der Waals surface area contributed by atoms with E-state index in [4.69, 9.17) is 11.6 Å². The highest BCUT2D eigenvalue weighted by Crippen LogP contribution is 2.23. The van der Waals surface area contributed by atoms with E-state index in [2.05, 4.69) is 21.2 Å². The zero-order valence-electron chi connectivity index (χ0n) is 10.5. The van der Waals surface area contributed by atoms with Crippen molar-refractivity contribution in [1.29, 1.82) is 0 Å². The maximum Gasteiger partial charge on any atom is 0.123 e. The maximum absolute atomic E-state index is 12.8. The Labute approximate surface area is 125 Å². The molecule has 19 heavy (non-hydrogen) atoms. The van der Waals surface area contributed by atoms with Gasteiger partial charge in [0, 0.05) is 17.1 Å². The minimum absolute atomic E-state index is 0.156. The normalized spacial score (nSPS) is 12.4. The Kier molecular flexibility index (Phi) is 4.97. The predicted octanol–water partition coefficient (Wildman–Crippen LogP) is 5.09. The van der Waals surface area contributed by atoms with Crippen molar-refractivity contribution in [1.82, 2.24) is 5.32 Å². The lowest BCUT2D eigenvalue weighted by molar-refractivity contribution is 0.571. The van der Waals surface area contributed by atoms with Gasteiger partial charge in [-0.15, -0.1) is 0 Å². The van der Waals surface area contributed by atoms with Crippen LogP contribution in [-0.2, 0) is 6.54 Å². The smallest absolute Gasteiger partial charge is 0.123 e. The molecule has 0 spiro atoms. The molecule has 4 heteroatoms. The van der Waals surface area contributed by atoms with Crippen LogP contribution in [0.2, 0.25) is 5.02 Å². The van der Waals surface area contributed by atoms with E-state index >= 15 is 0 Å². The molecule has 1 nitrogen and oxygen atoms in total. The monoisotopic (exact) mass is 341 g/mol. The van der Waals surface area contributed by atoms with Crippen molar-refractivity contribution in [3.05, 3.63) is 68.9 Å². The standard InChI is InChI=1S/C15H14BrClFN/c1-10(12-3-5-13(18)6-4-12)19-9-11-2-7-14(16)15(17)8-11/h2-8,10,19H,9H2,1H3/t10-/m0/s1. The summed E-state index contributed by atoms with van der Waals surface area (Å²) in [5.41, 5.74) is 2.17. The quantitative estimate of drug-likeness (QED) is 0.816. The predicted molar refractivity (Wildman–Crippen MR) is 80.8 cm³/mol. The van der Waals surface area contributed by atoms with Crippen LogP contribution >= 0.6 is 27.5 Å². The summed E-state index contributed by atoms with van der Waals surface area (Å²) in [5, 5.41) is 4.09. The average Bonchev–Trinajstić information content (AvgIpc) is 2.40. The van der Waals surface area contributed by atoms with E-state index in [1.54, 1.807) is 12.1 Å². The van der Waals surface area contributed by atoms with E-state index in [9.17, 15) is 4.39 Å². The molecule has 100 valence electrons. The fourth-order valence-corrected chi connectivity index (χ4v) is 2.24. The third kappa shape index (κ3) is 4.03. The summed E-state index contributed by atoms with van der Waals surface area (Å²) in [6.45, 7) is 2.76. The highest BCUT2D eigenvalue weighted by molar-refractivity contribution is 9.10. The first-order chi connectivity index (χ1) is 9.06. The van der Waals surface area contributed by atoms with Crippen molar-refractivity contribution in [2.75, 3.05) is 0 Å². The molecule has 0 saturated heterocycles. The van der Waals surface area contributed by atoms with Crippen LogP contribution in [0, 0.1) is 5.82 Å². The molecule has 0 radical (unpaired) electrons. The fourth-order valence-electron chi connectivity index (χ4n) is 1.79. The summed E-state index contributed by atoms with van der Waals surface area (Å²) in [6.07, 6.45) is 0. The molecule has 0 heterocycles. The second kappa shape index (κ2) is 6.51. The van der Waals surface area contributed by atoms with Crippen LogP contribution in [0.4, 0.5) is 4.39 Å². The van der Waals surface area contributed by atoms with Gasteiger partial charge < -0.3 is 5.32 Å². The molecule has 1 N–H and O–H groups in total. The number of hydrogen-bond acceptors (Lipinski definition) is 1. The van der Waals surface area contributed by atoms with Crippen LogP contribution in [0.15, 0.2) is 46.9 Å². The first-order valence-electron chi connectivity index (χ1n) is 5.99. The molecular formula is C15H14BrClFN. The Morgan fingerprint density at radius 1 is 1.21 bits per heavy atom. The summed E-state index contributed by atoms with van der Waals surface area (Å²) in [7, 11) is 0. The number of nitrogens with one attached hydrogen (secondary N) is 1. The molecule has 2 aromatic carbocycles. The van der Waals surface area contributed by atoms with Gasteiger partial charge in [-0.2, -0.15) is 0 Å². The van der Waals surface area contributed by atoms with E-state index in [0.717, 1.165) is 15.6 Å². The van der Waals surface area contributed by atoms with E-state index in [0.29, 0.717) is 11.6 Å². The van der Waals surface area contributed by atoms with E-state index in [1.807, 2.05) is 25.1 Å². The van der Waals surface area contributed by atoms with Gasteiger partial charge in [0.1, 0.15) is 5.82 Å². The molecular weight excluding hydrogens is 329 g/mol. The lowest BCUT2D eigenvalue weighted by Gasteiger charge is -2.14. The average molecular weight is 343 g/mol. The zero-order valence-corrected chi connectivity index (χ0v) is 12.8. The highest BCUT2D eigenvalue weighted by atomic mass is 79.9. The summed E-state index contributed by atoms with van der Waals surface area (Å²) >= 11 is 9.41. The van der Waals surface area contributed by atoms with Crippen LogP contribution in [0.5, 0.6) is 0 Å². The Hall–Kier alpha value is -0.900. The van der Waals surface area contributed by atoms with Gasteiger partial charge in [-0.05, 0) is 58.2 Å². The van der Waals surface area contributed by atoms with Crippen LogP contribution in [0.3, 0.4) is 0 Å². The molecule has 0 aliphatic rings. The van der Waals surface area contributed by atoms with Crippen molar-refractivity contribution in [2.24, 2.45) is 0 Å². The Balaban J connectivity index is 1.98. The number of halogens is 3. The Morgan fingerprint density at radius 3 is 2.53 bits per heavy atom. The van der Waals surface area contributed by atoms with Crippen molar-refractivity contribution in [2.45, 2.75) is 19.5 Å². The molecule has 0 amide bonds. The first-order valence-corrected chi connectivity index (χ1v) is 7.16. The Morgan fingerprint density at radius 2 is 1.89 bits per heavy atom. The highest BCUT2D eigenvalue weighted by Gasteiger charge is 2.05. The third-order valence-electron chi connectivity index (χ3n) is 2.97. The summed E-state index contributed by atoms with van der Waals surface area (Å²) in [4.78, 5) is 0. The zero-order chi connectivity index (χ0) is 13.8. The number of benzene rings is 2. The lowest BCUT2D eigenvalue weighted by atomic mass is 10.1. The molecule has 1 atom stereocenters. The molecule has 0 fully saturated rings. The van der Waals surface area contributed by atoms with Gasteiger partial charge in [0.25, 0.3) is 0 Å². The topological polar surface area (TPSA) is 12.0 Å². The minimum atomic E-state index is -0.212. The number of rotatable bonds is 4. The fraction of sp³-hybridized carbons (Fsp3) is 0.200. The second-order valence-corrected chi connectivity index (χ2v) is 5.66. The lowest BCUT2D eigenvalue weighted by Crippen LogP contribution is -2.18. The third-order valence-corrected chi connectivity index (χ3v) is 4.20. The van der Waals surface area contributed by atoms with Gasteiger partial charge in [0.05, 0.1) is 5.02 Å². The van der Waals surface area contributed by atoms with Crippen molar-refractivity contribution < 1.29 is 4.39 Å². The van der Waals surface area contributed by atoms with Gasteiger partial charge in [-0.3, -0.25) is 0 Å². The largest absolute Gasteiger partial charge is 0.306 e. The van der Waals surface area contributed by atoms with E-state index in [1.165, 1.54) is 12.1 Å². The van der Waals surface area contributed by atoms with Gasteiger partial charge in [0.2, 0.25) is 0 Å². The summed E-state index contributed by atoms with van der Waals surface area (Å²) in [5.74, 6) is -0.212.